The molecule has 0 saturated heterocycles. The Hall–Kier alpha value is -1.10. The molecule has 82 valence electrons. The third kappa shape index (κ3) is 2.99. The van der Waals surface area contributed by atoms with Gasteiger partial charge in [0.05, 0.1) is 6.10 Å². The van der Waals surface area contributed by atoms with Crippen molar-refractivity contribution in [1.29, 1.82) is 0 Å². The van der Waals surface area contributed by atoms with Crippen LogP contribution >= 0.6 is 0 Å². The average Bonchev–Trinajstić information content (AvgIpc) is 2.12. The zero-order valence-corrected chi connectivity index (χ0v) is 8.70. The van der Waals surface area contributed by atoms with E-state index in [4.69, 9.17) is 10.2 Å². The third-order valence-corrected chi connectivity index (χ3v) is 2.26. The molecule has 0 bridgehead atoms. The molecule has 2 unspecified atom stereocenters. The van der Waals surface area contributed by atoms with Crippen LogP contribution < -0.4 is 5.32 Å². The molecule has 0 aliphatic rings. The molecule has 0 spiro atoms. The minimum Gasteiger partial charge on any atom is -0.480 e. The van der Waals surface area contributed by atoms with E-state index in [2.05, 4.69) is 5.32 Å². The van der Waals surface area contributed by atoms with Gasteiger partial charge in [-0.2, -0.15) is 0 Å². The summed E-state index contributed by atoms with van der Waals surface area (Å²) in [6, 6.07) is 0. The molecule has 3 N–H and O–H groups in total. The van der Waals surface area contributed by atoms with E-state index >= 15 is 0 Å². The van der Waals surface area contributed by atoms with Crippen LogP contribution in [0, 0.1) is 5.41 Å². The molecule has 0 aliphatic carbocycles. The van der Waals surface area contributed by atoms with Crippen molar-refractivity contribution in [1.82, 2.24) is 5.32 Å². The Balaban J connectivity index is 4.56. The zero-order chi connectivity index (χ0) is 11.4. The van der Waals surface area contributed by atoms with Crippen LogP contribution in [0.4, 0.5) is 0 Å². The summed E-state index contributed by atoms with van der Waals surface area (Å²) < 4.78 is 0. The van der Waals surface area contributed by atoms with Crippen LogP contribution in [0.25, 0.3) is 0 Å². The van der Waals surface area contributed by atoms with Gasteiger partial charge in [0.25, 0.3) is 0 Å². The number of aliphatic carboxylic acids is 1. The number of aliphatic hydroxyl groups excluding tert-OH is 1. The summed E-state index contributed by atoms with van der Waals surface area (Å²) in [5.41, 5.74) is -1.45. The molecular weight excluding hydrogens is 186 g/mol. The maximum Gasteiger partial charge on any atom is 0.318 e. The highest BCUT2D eigenvalue weighted by molar-refractivity contribution is 6.01. The number of aliphatic hydroxyl groups is 1. The molecule has 2 atom stereocenters. The van der Waals surface area contributed by atoms with Crippen molar-refractivity contribution in [2.75, 3.05) is 7.05 Å². The lowest BCUT2D eigenvalue weighted by atomic mass is 9.83. The monoisotopic (exact) mass is 203 g/mol. The molecular formula is C9H17NO4. The molecule has 1 amide bonds. The van der Waals surface area contributed by atoms with Crippen LogP contribution in [0.3, 0.4) is 0 Å². The molecule has 0 aliphatic heterocycles. The van der Waals surface area contributed by atoms with Crippen molar-refractivity contribution >= 4 is 11.9 Å². The Kier molecular flexibility index (Phi) is 4.56. The van der Waals surface area contributed by atoms with Crippen LogP contribution in [-0.2, 0) is 9.59 Å². The van der Waals surface area contributed by atoms with E-state index in [1.807, 2.05) is 0 Å². The highest BCUT2D eigenvalue weighted by Gasteiger charge is 2.40. The van der Waals surface area contributed by atoms with Gasteiger partial charge >= 0.3 is 5.97 Å². The van der Waals surface area contributed by atoms with E-state index < -0.39 is 23.4 Å². The van der Waals surface area contributed by atoms with Crippen molar-refractivity contribution < 1.29 is 19.8 Å². The number of carbonyl (C=O) groups is 2. The molecule has 0 rings (SSSR count). The quantitative estimate of drug-likeness (QED) is 0.548. The SMILES string of the molecule is CNC(=O)C(C)(CCC(C)O)C(=O)O. The number of carboxylic acid groups (broad SMARTS) is 1. The van der Waals surface area contributed by atoms with Crippen molar-refractivity contribution in [2.24, 2.45) is 5.41 Å². The largest absolute Gasteiger partial charge is 0.480 e. The predicted octanol–water partition coefficient (Wildman–Crippen LogP) is -0.0157. The van der Waals surface area contributed by atoms with Gasteiger partial charge in [-0.15, -0.1) is 0 Å². The first kappa shape index (κ1) is 12.9. The van der Waals surface area contributed by atoms with E-state index in [0.717, 1.165) is 0 Å². The van der Waals surface area contributed by atoms with Gasteiger partial charge in [0.15, 0.2) is 0 Å². The summed E-state index contributed by atoms with van der Waals surface area (Å²) in [4.78, 5) is 22.2. The summed E-state index contributed by atoms with van der Waals surface area (Å²) in [6.07, 6.45) is -0.186. The van der Waals surface area contributed by atoms with Crippen LogP contribution in [0.2, 0.25) is 0 Å². The van der Waals surface area contributed by atoms with Gasteiger partial charge in [0, 0.05) is 7.05 Å². The van der Waals surface area contributed by atoms with Gasteiger partial charge in [0.2, 0.25) is 5.91 Å². The predicted molar refractivity (Wildman–Crippen MR) is 50.7 cm³/mol. The van der Waals surface area contributed by atoms with E-state index in [1.54, 1.807) is 6.92 Å². The number of carbonyl (C=O) groups excluding carboxylic acids is 1. The second kappa shape index (κ2) is 4.95. The lowest BCUT2D eigenvalue weighted by molar-refractivity contribution is -0.155. The number of rotatable bonds is 5. The van der Waals surface area contributed by atoms with Gasteiger partial charge in [-0.25, -0.2) is 0 Å². The van der Waals surface area contributed by atoms with Gasteiger partial charge in [0.1, 0.15) is 5.41 Å². The minimum atomic E-state index is -1.45. The highest BCUT2D eigenvalue weighted by atomic mass is 16.4. The summed E-state index contributed by atoms with van der Waals surface area (Å²) in [5, 5.41) is 20.2. The fourth-order valence-electron chi connectivity index (χ4n) is 1.09. The van der Waals surface area contributed by atoms with Crippen LogP contribution in [0.15, 0.2) is 0 Å². The molecule has 14 heavy (non-hydrogen) atoms. The average molecular weight is 203 g/mol. The summed E-state index contributed by atoms with van der Waals surface area (Å²) in [5.74, 6) is -1.71. The van der Waals surface area contributed by atoms with Crippen molar-refractivity contribution in [3.05, 3.63) is 0 Å². The van der Waals surface area contributed by atoms with Crippen LogP contribution in [0.1, 0.15) is 26.7 Å². The van der Waals surface area contributed by atoms with Gasteiger partial charge in [-0.3, -0.25) is 9.59 Å². The van der Waals surface area contributed by atoms with E-state index in [-0.39, 0.29) is 12.8 Å². The smallest absolute Gasteiger partial charge is 0.318 e. The third-order valence-electron chi connectivity index (χ3n) is 2.26. The zero-order valence-electron chi connectivity index (χ0n) is 8.70. The first-order valence-corrected chi connectivity index (χ1v) is 4.48. The Morgan fingerprint density at radius 3 is 2.29 bits per heavy atom. The molecule has 0 fully saturated rings. The van der Waals surface area contributed by atoms with Crippen molar-refractivity contribution in [3.8, 4) is 0 Å². The first-order valence-electron chi connectivity index (χ1n) is 4.48. The number of nitrogens with one attached hydrogen (secondary N) is 1. The molecule has 5 nitrogen and oxygen atoms in total. The maximum absolute atomic E-state index is 11.3. The first-order chi connectivity index (χ1) is 6.34. The molecule has 0 aromatic carbocycles. The standard InChI is InChI=1S/C9H17NO4/c1-6(11)4-5-9(2,8(13)14)7(12)10-3/h6,11H,4-5H2,1-3H3,(H,10,12)(H,13,14). The maximum atomic E-state index is 11.3. The van der Waals surface area contributed by atoms with Crippen molar-refractivity contribution in [3.63, 3.8) is 0 Å². The molecule has 5 heteroatoms. The second-order valence-electron chi connectivity index (χ2n) is 3.60. The van der Waals surface area contributed by atoms with E-state index in [9.17, 15) is 9.59 Å². The van der Waals surface area contributed by atoms with Gasteiger partial charge < -0.3 is 15.5 Å². The fourth-order valence-corrected chi connectivity index (χ4v) is 1.09. The Morgan fingerprint density at radius 2 is 2.00 bits per heavy atom. The van der Waals surface area contributed by atoms with Gasteiger partial charge in [-0.05, 0) is 26.7 Å². The number of hydrogen-bond donors (Lipinski definition) is 3. The second-order valence-corrected chi connectivity index (χ2v) is 3.60. The number of amides is 1. The molecule has 0 heterocycles. The molecule has 0 radical (unpaired) electrons. The Morgan fingerprint density at radius 1 is 1.50 bits per heavy atom. The van der Waals surface area contributed by atoms with Crippen molar-refractivity contribution in [2.45, 2.75) is 32.8 Å². The molecule has 0 aromatic rings. The lowest BCUT2D eigenvalue weighted by Gasteiger charge is -2.23. The summed E-state index contributed by atoms with van der Waals surface area (Å²) >= 11 is 0. The number of carboxylic acids is 1. The fraction of sp³-hybridized carbons (Fsp3) is 0.778. The van der Waals surface area contributed by atoms with Crippen LogP contribution in [-0.4, -0.2) is 35.2 Å². The summed E-state index contributed by atoms with van der Waals surface area (Å²) in [6.45, 7) is 2.92. The van der Waals surface area contributed by atoms with Gasteiger partial charge in [-0.1, -0.05) is 0 Å². The topological polar surface area (TPSA) is 86.6 Å². The Labute approximate surface area is 83.1 Å². The lowest BCUT2D eigenvalue weighted by Crippen LogP contribution is -2.43. The molecule has 0 aromatic heterocycles. The summed E-state index contributed by atoms with van der Waals surface area (Å²) in [7, 11) is 1.39. The molecule has 0 saturated carbocycles. The number of hydrogen-bond acceptors (Lipinski definition) is 3. The Bertz CT molecular complexity index is 227. The highest BCUT2D eigenvalue weighted by Crippen LogP contribution is 2.24. The van der Waals surface area contributed by atoms with Crippen LogP contribution in [0.5, 0.6) is 0 Å². The van der Waals surface area contributed by atoms with E-state index in [0.29, 0.717) is 0 Å². The normalized spacial score (nSPS) is 16.9. The minimum absolute atomic E-state index is 0.125. The van der Waals surface area contributed by atoms with E-state index in [1.165, 1.54) is 14.0 Å².